The van der Waals surface area contributed by atoms with Crippen LogP contribution in [0.3, 0.4) is 0 Å². The zero-order valence-electron chi connectivity index (χ0n) is 14.8. The zero-order valence-corrected chi connectivity index (χ0v) is 17.2. The van der Waals surface area contributed by atoms with Crippen molar-refractivity contribution in [3.63, 3.8) is 0 Å². The maximum Gasteiger partial charge on any atom is 0.276 e. The van der Waals surface area contributed by atoms with E-state index in [9.17, 15) is 14.9 Å². The van der Waals surface area contributed by atoms with E-state index in [0.29, 0.717) is 33.1 Å². The predicted molar refractivity (Wildman–Crippen MR) is 113 cm³/mol. The summed E-state index contributed by atoms with van der Waals surface area (Å²) in [4.78, 5) is 24.2. The quantitative estimate of drug-likeness (QED) is 0.302. The van der Waals surface area contributed by atoms with Crippen LogP contribution in [-0.4, -0.2) is 27.4 Å². The summed E-state index contributed by atoms with van der Waals surface area (Å²) in [5, 5.41) is 14.2. The number of ether oxygens (including phenoxy) is 1. The molecule has 1 aliphatic heterocycles. The topological polar surface area (TPSA) is 84.7 Å². The number of nitro groups is 1. The number of hydrogen-bond acceptors (Lipinski definition) is 5. The maximum atomic E-state index is 12.3. The van der Waals surface area contributed by atoms with Crippen molar-refractivity contribution < 1.29 is 14.5 Å². The molecule has 0 bridgehead atoms. The molecule has 28 heavy (non-hydrogen) atoms. The van der Waals surface area contributed by atoms with E-state index in [1.165, 1.54) is 17.0 Å². The maximum absolute atomic E-state index is 12.3. The molecule has 1 aliphatic rings. The number of carbonyl (C=O) groups excluding carboxylic acids is 1. The summed E-state index contributed by atoms with van der Waals surface area (Å²) < 4.78 is 6.45. The first-order valence-corrected chi connectivity index (χ1v) is 9.59. The molecule has 0 saturated carbocycles. The monoisotopic (exact) mass is 461 g/mol. The molecule has 1 heterocycles. The van der Waals surface area contributed by atoms with Gasteiger partial charge in [0.1, 0.15) is 18.1 Å². The summed E-state index contributed by atoms with van der Waals surface area (Å²) in [5.74, 6) is 0.430. The Hall–Kier alpha value is -2.78. The molecule has 0 spiro atoms. The zero-order chi connectivity index (χ0) is 20.3. The van der Waals surface area contributed by atoms with Crippen LogP contribution >= 0.6 is 28.1 Å². The highest BCUT2D eigenvalue weighted by Gasteiger charge is 2.28. The largest absolute Gasteiger partial charge is 0.488 e. The van der Waals surface area contributed by atoms with Crippen LogP contribution in [0.15, 0.2) is 52.6 Å². The van der Waals surface area contributed by atoms with Crippen molar-refractivity contribution in [2.24, 2.45) is 0 Å². The number of rotatable bonds is 6. The lowest BCUT2D eigenvalue weighted by atomic mass is 10.2. The van der Waals surface area contributed by atoms with Gasteiger partial charge in [0.05, 0.1) is 9.40 Å². The minimum Gasteiger partial charge on any atom is -0.488 e. The SMILES string of the molecule is CCN1C(=O)C(=Cc2ccc(OCc3cccc([N+](=O)[O-])c3)c(Br)c2)NC1=S. The van der Waals surface area contributed by atoms with Crippen molar-refractivity contribution in [1.82, 2.24) is 10.2 Å². The summed E-state index contributed by atoms with van der Waals surface area (Å²) in [6, 6.07) is 11.7. The van der Waals surface area contributed by atoms with Gasteiger partial charge in [0.15, 0.2) is 5.11 Å². The number of halogens is 1. The second-order valence-corrected chi connectivity index (χ2v) is 7.18. The van der Waals surface area contributed by atoms with Crippen LogP contribution in [0.4, 0.5) is 5.69 Å². The van der Waals surface area contributed by atoms with Crippen LogP contribution < -0.4 is 10.1 Å². The molecular weight excluding hydrogens is 446 g/mol. The Kier molecular flexibility index (Phi) is 6.05. The highest BCUT2D eigenvalue weighted by molar-refractivity contribution is 9.10. The molecule has 9 heteroatoms. The Morgan fingerprint density at radius 1 is 1.32 bits per heavy atom. The fraction of sp³-hybridized carbons (Fsp3) is 0.158. The minimum atomic E-state index is -0.439. The number of non-ortho nitro benzene ring substituents is 1. The second kappa shape index (κ2) is 8.49. The first kappa shape index (κ1) is 20.0. The standard InChI is InChI=1S/C19H16BrN3O4S/c1-2-22-18(24)16(21-19(22)28)10-12-6-7-17(15(20)9-12)27-11-13-4-3-5-14(8-13)23(25)26/h3-10H,2,11H2,1H3,(H,21,28). The van der Waals surface area contributed by atoms with Gasteiger partial charge >= 0.3 is 0 Å². The normalized spacial score (nSPS) is 15.1. The predicted octanol–water partition coefficient (Wildman–Crippen LogP) is 4.01. The fourth-order valence-corrected chi connectivity index (χ4v) is 3.50. The van der Waals surface area contributed by atoms with E-state index in [0.717, 1.165) is 5.56 Å². The van der Waals surface area contributed by atoms with Gasteiger partial charge in [0.25, 0.3) is 11.6 Å². The number of thiocarbonyl (C=S) groups is 1. The number of nitro benzene ring substituents is 1. The van der Waals surface area contributed by atoms with E-state index >= 15 is 0 Å². The average Bonchev–Trinajstić information content (AvgIpc) is 2.94. The van der Waals surface area contributed by atoms with E-state index in [4.69, 9.17) is 17.0 Å². The van der Waals surface area contributed by atoms with E-state index in [1.54, 1.807) is 24.3 Å². The number of amides is 1. The summed E-state index contributed by atoms with van der Waals surface area (Å²) in [5.41, 5.74) is 1.94. The molecule has 0 atom stereocenters. The molecule has 0 aromatic heterocycles. The van der Waals surface area contributed by atoms with Crippen LogP contribution in [0.25, 0.3) is 6.08 Å². The highest BCUT2D eigenvalue weighted by atomic mass is 79.9. The van der Waals surface area contributed by atoms with Crippen molar-refractivity contribution in [2.75, 3.05) is 6.54 Å². The number of hydrogen-bond donors (Lipinski definition) is 1. The van der Waals surface area contributed by atoms with Crippen LogP contribution in [0.2, 0.25) is 0 Å². The number of nitrogens with one attached hydrogen (secondary N) is 1. The highest BCUT2D eigenvalue weighted by Crippen LogP contribution is 2.28. The number of carbonyl (C=O) groups is 1. The van der Waals surface area contributed by atoms with Crippen molar-refractivity contribution in [3.8, 4) is 5.75 Å². The summed E-state index contributed by atoms with van der Waals surface area (Å²) >= 11 is 8.60. The molecule has 7 nitrogen and oxygen atoms in total. The molecule has 1 saturated heterocycles. The van der Waals surface area contributed by atoms with Gasteiger partial charge in [-0.15, -0.1) is 0 Å². The molecule has 0 aliphatic carbocycles. The third kappa shape index (κ3) is 4.37. The third-order valence-corrected chi connectivity index (χ3v) is 5.00. The molecule has 2 aromatic carbocycles. The number of nitrogens with zero attached hydrogens (tertiary/aromatic N) is 2. The molecule has 1 fully saturated rings. The lowest BCUT2D eigenvalue weighted by molar-refractivity contribution is -0.384. The van der Waals surface area contributed by atoms with Crippen LogP contribution in [0.5, 0.6) is 5.75 Å². The molecule has 1 N–H and O–H groups in total. The van der Waals surface area contributed by atoms with Crippen LogP contribution in [0.1, 0.15) is 18.1 Å². The van der Waals surface area contributed by atoms with Crippen molar-refractivity contribution >= 4 is 50.9 Å². The smallest absolute Gasteiger partial charge is 0.276 e. The van der Waals surface area contributed by atoms with Gasteiger partial charge in [-0.05, 0) is 64.4 Å². The fourth-order valence-electron chi connectivity index (χ4n) is 2.67. The lowest BCUT2D eigenvalue weighted by Gasteiger charge is -2.09. The summed E-state index contributed by atoms with van der Waals surface area (Å²) in [6.45, 7) is 2.56. The van der Waals surface area contributed by atoms with Gasteiger partial charge in [-0.3, -0.25) is 19.8 Å². The van der Waals surface area contributed by atoms with E-state index in [-0.39, 0.29) is 18.2 Å². The van der Waals surface area contributed by atoms with Gasteiger partial charge in [-0.1, -0.05) is 18.2 Å². The summed E-state index contributed by atoms with van der Waals surface area (Å²) in [7, 11) is 0. The van der Waals surface area contributed by atoms with E-state index < -0.39 is 4.92 Å². The summed E-state index contributed by atoms with van der Waals surface area (Å²) in [6.07, 6.45) is 1.72. The second-order valence-electron chi connectivity index (χ2n) is 5.94. The molecule has 0 unspecified atom stereocenters. The van der Waals surface area contributed by atoms with Gasteiger partial charge in [-0.25, -0.2) is 0 Å². The Bertz CT molecular complexity index is 993. The first-order chi connectivity index (χ1) is 13.4. The van der Waals surface area contributed by atoms with Crippen LogP contribution in [-0.2, 0) is 11.4 Å². The molecule has 2 aromatic rings. The van der Waals surface area contributed by atoms with Gasteiger partial charge in [0, 0.05) is 18.7 Å². The van der Waals surface area contributed by atoms with Crippen molar-refractivity contribution in [3.05, 3.63) is 73.9 Å². The first-order valence-electron chi connectivity index (χ1n) is 8.39. The molecule has 0 radical (unpaired) electrons. The Labute approximate surface area is 175 Å². The molecule has 144 valence electrons. The number of likely N-dealkylation sites (N-methyl/N-ethyl adjacent to an activating group) is 1. The van der Waals surface area contributed by atoms with Crippen molar-refractivity contribution in [1.29, 1.82) is 0 Å². The minimum absolute atomic E-state index is 0.0231. The molecule has 1 amide bonds. The van der Waals surface area contributed by atoms with Gasteiger partial charge in [0.2, 0.25) is 0 Å². The van der Waals surface area contributed by atoms with Gasteiger partial charge < -0.3 is 10.1 Å². The van der Waals surface area contributed by atoms with Gasteiger partial charge in [-0.2, -0.15) is 0 Å². The molecule has 3 rings (SSSR count). The Balaban J connectivity index is 1.72. The van der Waals surface area contributed by atoms with E-state index in [2.05, 4.69) is 21.2 Å². The van der Waals surface area contributed by atoms with E-state index in [1.807, 2.05) is 19.1 Å². The number of benzene rings is 2. The Morgan fingerprint density at radius 3 is 2.75 bits per heavy atom. The Morgan fingerprint density at radius 2 is 2.11 bits per heavy atom. The van der Waals surface area contributed by atoms with Crippen molar-refractivity contribution in [2.45, 2.75) is 13.5 Å². The lowest BCUT2D eigenvalue weighted by Crippen LogP contribution is -2.30. The molecular formula is C19H16BrN3O4S. The third-order valence-electron chi connectivity index (χ3n) is 4.06. The average molecular weight is 462 g/mol. The van der Waals surface area contributed by atoms with Crippen LogP contribution in [0, 0.1) is 10.1 Å².